The number of hydrazine groups is 1. The van der Waals surface area contributed by atoms with E-state index in [0.717, 1.165) is 38.4 Å². The third-order valence-electron chi connectivity index (χ3n) is 5.29. The van der Waals surface area contributed by atoms with Crippen LogP contribution in [0.1, 0.15) is 50.3 Å². The molecule has 32 heavy (non-hydrogen) atoms. The Labute approximate surface area is 190 Å². The first-order chi connectivity index (χ1) is 15.3. The fourth-order valence-electron chi connectivity index (χ4n) is 3.76. The predicted molar refractivity (Wildman–Crippen MR) is 126 cm³/mol. The van der Waals surface area contributed by atoms with E-state index in [0.29, 0.717) is 17.9 Å². The topological polar surface area (TPSA) is 88.4 Å². The number of aromatic nitrogens is 2. The van der Waals surface area contributed by atoms with Gasteiger partial charge in [0.05, 0.1) is 0 Å². The van der Waals surface area contributed by atoms with Crippen LogP contribution < -0.4 is 15.3 Å². The molecule has 0 unspecified atom stereocenters. The third-order valence-corrected chi connectivity index (χ3v) is 5.29. The molecule has 1 aliphatic rings. The number of amides is 1. The second-order valence-corrected chi connectivity index (χ2v) is 9.31. The van der Waals surface area contributed by atoms with Crippen LogP contribution in [0.3, 0.4) is 0 Å². The zero-order valence-electron chi connectivity index (χ0n) is 19.5. The van der Waals surface area contributed by atoms with Gasteiger partial charge < -0.3 is 4.90 Å². The van der Waals surface area contributed by atoms with Gasteiger partial charge in [0.25, 0.3) is 5.91 Å². The van der Waals surface area contributed by atoms with Gasteiger partial charge in [-0.15, -0.1) is 0 Å². The highest BCUT2D eigenvalue weighted by Crippen LogP contribution is 2.20. The molecule has 0 radical (unpaired) electrons. The van der Waals surface area contributed by atoms with Crippen LogP contribution in [0.4, 0.5) is 11.5 Å². The molecule has 0 bridgehead atoms. The van der Waals surface area contributed by atoms with Crippen molar-refractivity contribution in [3.63, 3.8) is 0 Å². The predicted octanol–water partition coefficient (Wildman–Crippen LogP) is 3.08. The lowest BCUT2D eigenvalue weighted by Gasteiger charge is -2.36. The fourth-order valence-corrected chi connectivity index (χ4v) is 3.76. The lowest BCUT2D eigenvalue weighted by molar-refractivity contribution is 0.0945. The number of nitrogens with zero attached hydrogens (tertiary/aromatic N) is 6. The van der Waals surface area contributed by atoms with Gasteiger partial charge in [0.2, 0.25) is 5.82 Å². The third kappa shape index (κ3) is 6.41. The normalized spacial score (nSPS) is 14.7. The van der Waals surface area contributed by atoms with E-state index in [4.69, 9.17) is 5.26 Å². The van der Waals surface area contributed by atoms with Gasteiger partial charge in [0, 0.05) is 56.2 Å². The summed E-state index contributed by atoms with van der Waals surface area (Å²) in [6, 6.07) is 11.4. The molecular formula is C24H33N7O. The number of hydrogen-bond acceptors (Lipinski definition) is 7. The van der Waals surface area contributed by atoms with E-state index in [1.807, 2.05) is 30.3 Å². The molecule has 1 saturated heterocycles. The van der Waals surface area contributed by atoms with Gasteiger partial charge in [-0.05, 0) is 42.6 Å². The molecule has 8 nitrogen and oxygen atoms in total. The quantitative estimate of drug-likeness (QED) is 0.669. The summed E-state index contributed by atoms with van der Waals surface area (Å²) in [4.78, 5) is 26.0. The Hall–Kier alpha value is -3.18. The van der Waals surface area contributed by atoms with Gasteiger partial charge in [-0.3, -0.25) is 20.1 Å². The van der Waals surface area contributed by atoms with Crippen LogP contribution in [0.15, 0.2) is 36.5 Å². The van der Waals surface area contributed by atoms with Crippen LogP contribution in [0.5, 0.6) is 0 Å². The van der Waals surface area contributed by atoms with Crippen LogP contribution >= 0.6 is 0 Å². The first-order valence-electron chi connectivity index (χ1n) is 11.2. The zero-order valence-corrected chi connectivity index (χ0v) is 19.5. The van der Waals surface area contributed by atoms with Crippen LogP contribution in [0.2, 0.25) is 0 Å². The second-order valence-electron chi connectivity index (χ2n) is 9.31. The highest BCUT2D eigenvalue weighted by atomic mass is 16.2. The molecule has 1 aromatic carbocycles. The van der Waals surface area contributed by atoms with E-state index in [1.54, 1.807) is 11.1 Å². The van der Waals surface area contributed by atoms with E-state index in [1.165, 1.54) is 12.6 Å². The molecule has 0 atom stereocenters. The SMILES string of the molecule is CCCN1CCN(c2ccc(C(=O)NN(CC(C)(C)C)c3ccnc(C#N)n3)cc2)CC1. The fraction of sp³-hybridized carbons (Fsp3) is 0.500. The van der Waals surface area contributed by atoms with Crippen molar-refractivity contribution in [3.8, 4) is 6.07 Å². The van der Waals surface area contributed by atoms with E-state index < -0.39 is 0 Å². The lowest BCUT2D eigenvalue weighted by Crippen LogP contribution is -2.47. The first-order valence-corrected chi connectivity index (χ1v) is 11.2. The number of hydrogen-bond donors (Lipinski definition) is 1. The molecular weight excluding hydrogens is 402 g/mol. The summed E-state index contributed by atoms with van der Waals surface area (Å²) in [5.41, 5.74) is 4.56. The molecule has 1 fully saturated rings. The average molecular weight is 436 g/mol. The van der Waals surface area contributed by atoms with Crippen LogP contribution in [0.25, 0.3) is 0 Å². The Balaban J connectivity index is 1.69. The molecule has 1 N–H and O–H groups in total. The maximum absolute atomic E-state index is 13.0. The van der Waals surface area contributed by atoms with Crippen LogP contribution in [-0.2, 0) is 0 Å². The van der Waals surface area contributed by atoms with E-state index >= 15 is 0 Å². The second kappa shape index (κ2) is 10.4. The molecule has 170 valence electrons. The van der Waals surface area contributed by atoms with Crippen molar-refractivity contribution >= 4 is 17.4 Å². The van der Waals surface area contributed by atoms with Crippen molar-refractivity contribution in [2.24, 2.45) is 5.41 Å². The maximum Gasteiger partial charge on any atom is 0.269 e. The summed E-state index contributed by atoms with van der Waals surface area (Å²) in [6.45, 7) is 14.3. The maximum atomic E-state index is 13.0. The Bertz CT molecular complexity index is 938. The average Bonchev–Trinajstić information content (AvgIpc) is 2.78. The largest absolute Gasteiger partial charge is 0.369 e. The number of rotatable bonds is 7. The van der Waals surface area contributed by atoms with Gasteiger partial charge in [0.15, 0.2) is 5.82 Å². The number of anilines is 2. The molecule has 1 aromatic heterocycles. The van der Waals surface area contributed by atoms with Crippen molar-refractivity contribution in [1.29, 1.82) is 5.26 Å². The monoisotopic (exact) mass is 435 g/mol. The highest BCUT2D eigenvalue weighted by molar-refractivity contribution is 5.95. The summed E-state index contributed by atoms with van der Waals surface area (Å²) in [5, 5.41) is 10.8. The Morgan fingerprint density at radius 1 is 1.16 bits per heavy atom. The first kappa shape index (κ1) is 23.5. The minimum absolute atomic E-state index is 0.0686. The Kier molecular flexibility index (Phi) is 7.65. The number of piperazine rings is 1. The molecule has 1 amide bonds. The van der Waals surface area contributed by atoms with Crippen molar-refractivity contribution in [2.45, 2.75) is 34.1 Å². The summed E-state index contributed by atoms with van der Waals surface area (Å²) < 4.78 is 0. The molecule has 2 aromatic rings. The van der Waals surface area contributed by atoms with Crippen molar-refractivity contribution in [3.05, 3.63) is 47.9 Å². The van der Waals surface area contributed by atoms with E-state index in [2.05, 4.69) is 52.9 Å². The van der Waals surface area contributed by atoms with Crippen molar-refractivity contribution in [1.82, 2.24) is 20.3 Å². The van der Waals surface area contributed by atoms with Crippen molar-refractivity contribution in [2.75, 3.05) is 49.2 Å². The molecule has 0 saturated carbocycles. The molecule has 8 heteroatoms. The summed E-state index contributed by atoms with van der Waals surface area (Å²) in [7, 11) is 0. The summed E-state index contributed by atoms with van der Waals surface area (Å²) in [5.74, 6) is 0.339. The molecule has 1 aliphatic heterocycles. The minimum atomic E-state index is -0.217. The smallest absolute Gasteiger partial charge is 0.269 e. The van der Waals surface area contributed by atoms with Gasteiger partial charge >= 0.3 is 0 Å². The van der Waals surface area contributed by atoms with Crippen LogP contribution in [0, 0.1) is 16.7 Å². The zero-order chi connectivity index (χ0) is 23.1. The summed E-state index contributed by atoms with van der Waals surface area (Å²) in [6.07, 6.45) is 2.71. The van der Waals surface area contributed by atoms with Gasteiger partial charge in [-0.1, -0.05) is 27.7 Å². The molecule has 3 rings (SSSR count). The number of carbonyl (C=O) groups excluding carboxylic acids is 1. The van der Waals surface area contributed by atoms with E-state index in [-0.39, 0.29) is 17.1 Å². The van der Waals surface area contributed by atoms with Gasteiger partial charge in [0.1, 0.15) is 6.07 Å². The standard InChI is InChI=1S/C24H33N7O/c1-5-12-29-13-15-30(16-14-29)20-8-6-19(7-9-20)23(32)28-31(18-24(2,3)4)22-10-11-26-21(17-25)27-22/h6-11H,5,12-16,18H2,1-4H3,(H,28,32). The van der Waals surface area contributed by atoms with Crippen molar-refractivity contribution < 1.29 is 4.79 Å². The Morgan fingerprint density at radius 2 is 1.84 bits per heavy atom. The number of nitriles is 1. The molecule has 2 heterocycles. The number of benzene rings is 1. The van der Waals surface area contributed by atoms with E-state index in [9.17, 15) is 4.79 Å². The number of nitrogens with one attached hydrogen (secondary N) is 1. The van der Waals surface area contributed by atoms with Gasteiger partial charge in [-0.2, -0.15) is 10.2 Å². The summed E-state index contributed by atoms with van der Waals surface area (Å²) >= 11 is 0. The lowest BCUT2D eigenvalue weighted by atomic mass is 9.97. The Morgan fingerprint density at radius 3 is 2.44 bits per heavy atom. The highest BCUT2D eigenvalue weighted by Gasteiger charge is 2.22. The molecule has 0 aliphatic carbocycles. The van der Waals surface area contributed by atoms with Gasteiger partial charge in [-0.25, -0.2) is 4.98 Å². The number of carbonyl (C=O) groups is 1. The van der Waals surface area contributed by atoms with Crippen LogP contribution in [-0.4, -0.2) is 60.0 Å². The minimum Gasteiger partial charge on any atom is -0.369 e. The molecule has 0 spiro atoms.